The largest absolute Gasteiger partial charge is 0.461 e. The van der Waals surface area contributed by atoms with Crippen molar-refractivity contribution in [2.24, 2.45) is 16.7 Å². The smallest absolute Gasteiger partial charge is 0.312 e. The summed E-state index contributed by atoms with van der Waals surface area (Å²) in [6.45, 7) is 8.98. The van der Waals surface area contributed by atoms with Gasteiger partial charge in [0.25, 0.3) is 0 Å². The van der Waals surface area contributed by atoms with Crippen LogP contribution in [0.4, 0.5) is 0 Å². The maximum atomic E-state index is 12.1. The van der Waals surface area contributed by atoms with Crippen LogP contribution in [0.25, 0.3) is 0 Å². The molecule has 1 aliphatic carbocycles. The van der Waals surface area contributed by atoms with Crippen molar-refractivity contribution in [1.29, 1.82) is 0 Å². The molecular weight excluding hydrogens is 212 g/mol. The molecule has 0 unspecified atom stereocenters. The van der Waals surface area contributed by atoms with Gasteiger partial charge in [0.15, 0.2) is 0 Å². The summed E-state index contributed by atoms with van der Waals surface area (Å²) < 4.78 is 5.73. The van der Waals surface area contributed by atoms with Crippen molar-refractivity contribution in [3.8, 4) is 0 Å². The Labute approximate surface area is 105 Å². The van der Waals surface area contributed by atoms with Crippen molar-refractivity contribution >= 4 is 5.97 Å². The van der Waals surface area contributed by atoms with E-state index in [9.17, 15) is 4.79 Å². The van der Waals surface area contributed by atoms with Crippen molar-refractivity contribution in [1.82, 2.24) is 0 Å². The van der Waals surface area contributed by atoms with Crippen molar-refractivity contribution < 1.29 is 9.53 Å². The standard InChI is InChI=1S/C15H26O2/c1-11(2)9-14(3,4)12-10-15(13(16)17-12)7-5-6-8-15/h11-12H,5-10H2,1-4H3/t12-/m0/s1. The molecule has 1 atom stereocenters. The van der Waals surface area contributed by atoms with Crippen LogP contribution in [-0.2, 0) is 9.53 Å². The Morgan fingerprint density at radius 3 is 2.47 bits per heavy atom. The molecule has 0 amide bonds. The number of ether oxygens (including phenoxy) is 1. The van der Waals surface area contributed by atoms with Crippen molar-refractivity contribution in [3.63, 3.8) is 0 Å². The van der Waals surface area contributed by atoms with Gasteiger partial charge in [0.1, 0.15) is 6.10 Å². The molecule has 1 saturated carbocycles. The van der Waals surface area contributed by atoms with Crippen molar-refractivity contribution in [2.45, 2.75) is 72.3 Å². The summed E-state index contributed by atoms with van der Waals surface area (Å²) in [7, 11) is 0. The molecule has 0 aromatic heterocycles. The average molecular weight is 238 g/mol. The summed E-state index contributed by atoms with van der Waals surface area (Å²) in [6.07, 6.45) is 6.74. The zero-order valence-corrected chi connectivity index (χ0v) is 11.7. The second-order valence-electron chi connectivity index (χ2n) is 7.17. The quantitative estimate of drug-likeness (QED) is 0.696. The highest BCUT2D eigenvalue weighted by atomic mass is 16.6. The van der Waals surface area contributed by atoms with Crippen LogP contribution < -0.4 is 0 Å². The first-order valence-electron chi connectivity index (χ1n) is 7.07. The van der Waals surface area contributed by atoms with E-state index in [1.807, 2.05) is 0 Å². The number of carbonyl (C=O) groups is 1. The summed E-state index contributed by atoms with van der Waals surface area (Å²) in [5, 5.41) is 0. The van der Waals surface area contributed by atoms with E-state index in [-0.39, 0.29) is 22.9 Å². The van der Waals surface area contributed by atoms with E-state index in [0.29, 0.717) is 5.92 Å². The summed E-state index contributed by atoms with van der Waals surface area (Å²) in [6, 6.07) is 0. The lowest BCUT2D eigenvalue weighted by molar-refractivity contribution is -0.152. The predicted molar refractivity (Wildman–Crippen MR) is 68.6 cm³/mol. The van der Waals surface area contributed by atoms with Gasteiger partial charge in [-0.05, 0) is 25.2 Å². The Bertz CT molecular complexity index is 298. The van der Waals surface area contributed by atoms with Gasteiger partial charge in [0.2, 0.25) is 0 Å². The third-order valence-corrected chi connectivity index (χ3v) is 4.63. The second kappa shape index (κ2) is 4.29. The third-order valence-electron chi connectivity index (χ3n) is 4.63. The number of hydrogen-bond acceptors (Lipinski definition) is 2. The first-order valence-corrected chi connectivity index (χ1v) is 7.07. The Morgan fingerprint density at radius 1 is 1.35 bits per heavy atom. The highest BCUT2D eigenvalue weighted by Crippen LogP contribution is 2.51. The fourth-order valence-corrected chi connectivity index (χ4v) is 3.81. The van der Waals surface area contributed by atoms with E-state index >= 15 is 0 Å². The van der Waals surface area contributed by atoms with Crippen LogP contribution in [0.3, 0.4) is 0 Å². The first kappa shape index (κ1) is 12.9. The van der Waals surface area contributed by atoms with Gasteiger partial charge >= 0.3 is 5.97 Å². The third kappa shape index (κ3) is 2.36. The van der Waals surface area contributed by atoms with Crippen molar-refractivity contribution in [2.75, 3.05) is 0 Å². The van der Waals surface area contributed by atoms with Crippen LogP contribution in [0.5, 0.6) is 0 Å². The van der Waals surface area contributed by atoms with Gasteiger partial charge in [0.05, 0.1) is 5.41 Å². The summed E-state index contributed by atoms with van der Waals surface area (Å²) in [5.41, 5.74) is 0.0227. The molecule has 2 aliphatic rings. The fourth-order valence-electron chi connectivity index (χ4n) is 3.81. The number of cyclic esters (lactones) is 1. The van der Waals surface area contributed by atoms with Gasteiger partial charge in [-0.15, -0.1) is 0 Å². The normalized spacial score (nSPS) is 28.1. The van der Waals surface area contributed by atoms with Gasteiger partial charge in [-0.3, -0.25) is 4.79 Å². The van der Waals surface area contributed by atoms with Crippen molar-refractivity contribution in [3.05, 3.63) is 0 Å². The second-order valence-corrected chi connectivity index (χ2v) is 7.17. The Hall–Kier alpha value is -0.530. The zero-order valence-electron chi connectivity index (χ0n) is 11.7. The number of rotatable bonds is 3. The first-order chi connectivity index (χ1) is 7.86. The van der Waals surface area contributed by atoms with E-state index in [1.165, 1.54) is 12.8 Å². The van der Waals surface area contributed by atoms with E-state index in [2.05, 4.69) is 27.7 Å². The van der Waals surface area contributed by atoms with Crippen LogP contribution >= 0.6 is 0 Å². The molecular formula is C15H26O2. The molecule has 0 N–H and O–H groups in total. The minimum absolute atomic E-state index is 0.0943. The Balaban J connectivity index is 2.08. The van der Waals surface area contributed by atoms with Crippen LogP contribution in [0.1, 0.15) is 66.2 Å². The molecule has 1 spiro atoms. The molecule has 0 aromatic carbocycles. The monoisotopic (exact) mass is 238 g/mol. The molecule has 0 radical (unpaired) electrons. The maximum absolute atomic E-state index is 12.1. The molecule has 0 bridgehead atoms. The molecule has 2 rings (SSSR count). The van der Waals surface area contributed by atoms with Gasteiger partial charge < -0.3 is 4.74 Å². The fraction of sp³-hybridized carbons (Fsp3) is 0.933. The van der Waals surface area contributed by atoms with Crippen LogP contribution in [0.15, 0.2) is 0 Å². The minimum atomic E-state index is -0.0983. The number of esters is 1. The minimum Gasteiger partial charge on any atom is -0.461 e. The molecule has 2 fully saturated rings. The Kier molecular flexibility index (Phi) is 3.26. The summed E-state index contributed by atoms with van der Waals surface area (Å²) >= 11 is 0. The predicted octanol–water partition coefficient (Wildman–Crippen LogP) is 3.93. The SMILES string of the molecule is CC(C)CC(C)(C)[C@@H]1CC2(CCCC2)C(=O)O1. The van der Waals surface area contributed by atoms with E-state index in [0.717, 1.165) is 25.7 Å². The molecule has 2 nitrogen and oxygen atoms in total. The zero-order chi connectivity index (χ0) is 12.7. The molecule has 0 aromatic rings. The average Bonchev–Trinajstić information content (AvgIpc) is 2.75. The molecule has 1 aliphatic heterocycles. The lowest BCUT2D eigenvalue weighted by Crippen LogP contribution is -2.31. The van der Waals surface area contributed by atoms with Gasteiger partial charge in [0, 0.05) is 11.8 Å². The molecule has 1 heterocycles. The van der Waals surface area contributed by atoms with E-state index in [4.69, 9.17) is 4.74 Å². The maximum Gasteiger partial charge on any atom is 0.312 e. The van der Waals surface area contributed by atoms with Gasteiger partial charge in [-0.1, -0.05) is 40.5 Å². The summed E-state index contributed by atoms with van der Waals surface area (Å²) in [5.74, 6) is 0.751. The van der Waals surface area contributed by atoms with Gasteiger partial charge in [-0.25, -0.2) is 0 Å². The lowest BCUT2D eigenvalue weighted by atomic mass is 9.73. The van der Waals surface area contributed by atoms with Crippen LogP contribution in [0, 0.1) is 16.7 Å². The molecule has 2 heteroatoms. The topological polar surface area (TPSA) is 26.3 Å². The molecule has 98 valence electrons. The van der Waals surface area contributed by atoms with E-state index < -0.39 is 0 Å². The Morgan fingerprint density at radius 2 is 1.94 bits per heavy atom. The van der Waals surface area contributed by atoms with E-state index in [1.54, 1.807) is 0 Å². The number of carbonyl (C=O) groups excluding carboxylic acids is 1. The molecule has 1 saturated heterocycles. The van der Waals surface area contributed by atoms with Crippen LogP contribution in [0.2, 0.25) is 0 Å². The summed E-state index contributed by atoms with van der Waals surface area (Å²) in [4.78, 5) is 12.1. The highest BCUT2D eigenvalue weighted by Gasteiger charge is 2.53. The highest BCUT2D eigenvalue weighted by molar-refractivity contribution is 5.79. The lowest BCUT2D eigenvalue weighted by Gasteiger charge is -2.32. The van der Waals surface area contributed by atoms with Gasteiger partial charge in [-0.2, -0.15) is 0 Å². The van der Waals surface area contributed by atoms with Crippen LogP contribution in [-0.4, -0.2) is 12.1 Å². The molecule has 17 heavy (non-hydrogen) atoms. The number of hydrogen-bond donors (Lipinski definition) is 0.